The Bertz CT molecular complexity index is 1290. The highest BCUT2D eigenvalue weighted by Gasteiger charge is 2.32. The second kappa shape index (κ2) is 11.3. The van der Waals surface area contributed by atoms with Gasteiger partial charge in [0.05, 0.1) is 10.6 Å². The topological polar surface area (TPSA) is 86.8 Å². The molecule has 2 amide bonds. The van der Waals surface area contributed by atoms with Crippen molar-refractivity contribution in [2.75, 3.05) is 17.9 Å². The van der Waals surface area contributed by atoms with Gasteiger partial charge in [0.25, 0.3) is 10.0 Å². The molecule has 0 aliphatic heterocycles. The number of nitrogens with one attached hydrogen (secondary N) is 1. The summed E-state index contributed by atoms with van der Waals surface area (Å²) >= 11 is 6.11. The largest absolute Gasteiger partial charge is 0.357 e. The van der Waals surface area contributed by atoms with Gasteiger partial charge in [-0.15, -0.1) is 0 Å². The first-order valence-corrected chi connectivity index (χ1v) is 12.5. The number of rotatable bonds is 9. The van der Waals surface area contributed by atoms with E-state index < -0.39 is 40.2 Å². The van der Waals surface area contributed by atoms with Gasteiger partial charge < -0.3 is 10.2 Å². The molecule has 3 rings (SSSR count). The zero-order chi connectivity index (χ0) is 25.6. The summed E-state index contributed by atoms with van der Waals surface area (Å²) in [5.74, 6) is -1.49. The SMILES string of the molecule is CNC(=O)[C@H](C)N(Cc1ccc(F)cc1)C(=O)CN(c1cccc(Cl)c1)S(=O)(=O)c1ccccc1. The molecule has 0 saturated heterocycles. The molecule has 0 radical (unpaired) electrons. The summed E-state index contributed by atoms with van der Waals surface area (Å²) in [4.78, 5) is 27.2. The molecule has 0 heterocycles. The van der Waals surface area contributed by atoms with Crippen molar-refractivity contribution in [1.82, 2.24) is 10.2 Å². The molecule has 0 bridgehead atoms. The number of likely N-dealkylation sites (N-methyl/N-ethyl adjacent to an activating group) is 1. The van der Waals surface area contributed by atoms with Gasteiger partial charge in [-0.25, -0.2) is 12.8 Å². The van der Waals surface area contributed by atoms with Crippen molar-refractivity contribution in [2.45, 2.75) is 24.4 Å². The maximum atomic E-state index is 13.6. The number of benzene rings is 3. The first-order chi connectivity index (χ1) is 16.6. The molecule has 0 fully saturated rings. The van der Waals surface area contributed by atoms with Crippen LogP contribution in [0.1, 0.15) is 12.5 Å². The van der Waals surface area contributed by atoms with E-state index in [1.165, 1.54) is 67.4 Å². The van der Waals surface area contributed by atoms with Crippen molar-refractivity contribution in [3.05, 3.63) is 95.3 Å². The lowest BCUT2D eigenvalue weighted by molar-refractivity contribution is -0.139. The number of carbonyl (C=O) groups excluding carboxylic acids is 2. The van der Waals surface area contributed by atoms with Crippen molar-refractivity contribution in [3.8, 4) is 0 Å². The fraction of sp³-hybridized carbons (Fsp3) is 0.200. The number of amides is 2. The molecule has 7 nitrogen and oxygen atoms in total. The Labute approximate surface area is 209 Å². The molecule has 35 heavy (non-hydrogen) atoms. The molecule has 0 aromatic heterocycles. The predicted molar refractivity (Wildman–Crippen MR) is 133 cm³/mol. The van der Waals surface area contributed by atoms with E-state index in [2.05, 4.69) is 5.32 Å². The summed E-state index contributed by atoms with van der Waals surface area (Å²) in [5, 5.41) is 2.80. The number of anilines is 1. The molecule has 0 spiro atoms. The molecule has 3 aromatic rings. The quantitative estimate of drug-likeness (QED) is 0.467. The van der Waals surface area contributed by atoms with Gasteiger partial charge in [0.1, 0.15) is 18.4 Å². The summed E-state index contributed by atoms with van der Waals surface area (Å²) < 4.78 is 41.4. The minimum atomic E-state index is -4.15. The van der Waals surface area contributed by atoms with Gasteiger partial charge in [-0.05, 0) is 55.0 Å². The number of sulfonamides is 1. The summed E-state index contributed by atoms with van der Waals surface area (Å²) in [6.45, 7) is 0.929. The Balaban J connectivity index is 2.01. The average molecular weight is 518 g/mol. The highest BCUT2D eigenvalue weighted by molar-refractivity contribution is 7.92. The number of hydrogen-bond acceptors (Lipinski definition) is 4. The average Bonchev–Trinajstić information content (AvgIpc) is 2.86. The minimum Gasteiger partial charge on any atom is -0.357 e. The van der Waals surface area contributed by atoms with E-state index >= 15 is 0 Å². The van der Waals surface area contributed by atoms with Crippen LogP contribution in [0.25, 0.3) is 0 Å². The highest BCUT2D eigenvalue weighted by atomic mass is 35.5. The standard InChI is InChI=1S/C25H25ClFN3O4S/c1-18(25(32)28-2)29(16-19-11-13-21(27)14-12-19)24(31)17-30(22-8-6-7-20(26)15-22)35(33,34)23-9-4-3-5-10-23/h3-15,18H,16-17H2,1-2H3,(H,28,32)/t18-/m0/s1. The number of carbonyl (C=O) groups is 2. The van der Waals surface area contributed by atoms with E-state index in [-0.39, 0.29) is 17.1 Å². The van der Waals surface area contributed by atoms with Crippen LogP contribution in [0.2, 0.25) is 5.02 Å². The van der Waals surface area contributed by atoms with Crippen LogP contribution in [-0.2, 0) is 26.2 Å². The Morgan fingerprint density at radius 2 is 1.66 bits per heavy atom. The number of halogens is 2. The van der Waals surface area contributed by atoms with Gasteiger partial charge in [0, 0.05) is 18.6 Å². The minimum absolute atomic E-state index is 0.00258. The second-order valence-electron chi connectivity index (χ2n) is 7.74. The van der Waals surface area contributed by atoms with Crippen LogP contribution in [0.15, 0.2) is 83.8 Å². The molecular weight excluding hydrogens is 493 g/mol. The Morgan fingerprint density at radius 3 is 2.26 bits per heavy atom. The molecule has 1 N–H and O–H groups in total. The third-order valence-corrected chi connectivity index (χ3v) is 7.41. The molecule has 184 valence electrons. The summed E-state index contributed by atoms with van der Waals surface area (Å²) in [6.07, 6.45) is 0. The van der Waals surface area contributed by atoms with E-state index in [4.69, 9.17) is 11.6 Å². The first-order valence-electron chi connectivity index (χ1n) is 10.7. The molecule has 1 atom stereocenters. The molecule has 0 saturated carbocycles. The van der Waals surface area contributed by atoms with Crippen molar-refractivity contribution in [2.24, 2.45) is 0 Å². The zero-order valence-corrected chi connectivity index (χ0v) is 20.8. The monoisotopic (exact) mass is 517 g/mol. The first kappa shape index (κ1) is 26.2. The molecule has 0 unspecified atom stereocenters. The smallest absolute Gasteiger partial charge is 0.264 e. The van der Waals surface area contributed by atoms with Gasteiger partial charge in [0.2, 0.25) is 11.8 Å². The van der Waals surface area contributed by atoms with Crippen LogP contribution in [0.5, 0.6) is 0 Å². The van der Waals surface area contributed by atoms with Crippen molar-refractivity contribution in [1.29, 1.82) is 0 Å². The van der Waals surface area contributed by atoms with Crippen LogP contribution in [0.4, 0.5) is 10.1 Å². The van der Waals surface area contributed by atoms with E-state index in [1.807, 2.05) is 0 Å². The molecular formula is C25H25ClFN3O4S. The Morgan fingerprint density at radius 1 is 1.00 bits per heavy atom. The van der Waals surface area contributed by atoms with Crippen LogP contribution in [0.3, 0.4) is 0 Å². The van der Waals surface area contributed by atoms with Crippen LogP contribution in [-0.4, -0.2) is 44.8 Å². The third kappa shape index (κ3) is 6.37. The van der Waals surface area contributed by atoms with Gasteiger partial charge >= 0.3 is 0 Å². The zero-order valence-electron chi connectivity index (χ0n) is 19.2. The lowest BCUT2D eigenvalue weighted by Gasteiger charge is -2.31. The fourth-order valence-electron chi connectivity index (χ4n) is 3.46. The van der Waals surface area contributed by atoms with Crippen LogP contribution >= 0.6 is 11.6 Å². The summed E-state index contributed by atoms with van der Waals surface area (Å²) in [7, 11) is -2.71. The lowest BCUT2D eigenvalue weighted by Crippen LogP contribution is -2.50. The van der Waals surface area contributed by atoms with E-state index in [0.29, 0.717) is 10.6 Å². The Hall–Kier alpha value is -3.43. The van der Waals surface area contributed by atoms with Crippen molar-refractivity contribution < 1.29 is 22.4 Å². The van der Waals surface area contributed by atoms with Crippen LogP contribution in [0, 0.1) is 5.82 Å². The van der Waals surface area contributed by atoms with Gasteiger partial charge in [0.15, 0.2) is 0 Å². The maximum Gasteiger partial charge on any atom is 0.264 e. The Kier molecular flexibility index (Phi) is 8.48. The van der Waals surface area contributed by atoms with E-state index in [0.717, 1.165) is 4.31 Å². The normalized spacial score (nSPS) is 12.0. The maximum absolute atomic E-state index is 13.6. The molecule has 0 aliphatic rings. The van der Waals surface area contributed by atoms with Crippen molar-refractivity contribution >= 4 is 39.1 Å². The molecule has 10 heteroatoms. The highest BCUT2D eigenvalue weighted by Crippen LogP contribution is 2.26. The van der Waals surface area contributed by atoms with E-state index in [9.17, 15) is 22.4 Å². The fourth-order valence-corrected chi connectivity index (χ4v) is 5.07. The van der Waals surface area contributed by atoms with Gasteiger partial charge in [-0.1, -0.05) is 48.0 Å². The molecule has 0 aliphatic carbocycles. The van der Waals surface area contributed by atoms with Gasteiger partial charge in [-0.2, -0.15) is 0 Å². The molecule has 3 aromatic carbocycles. The number of hydrogen-bond donors (Lipinski definition) is 1. The van der Waals surface area contributed by atoms with Crippen LogP contribution < -0.4 is 9.62 Å². The predicted octanol–water partition coefficient (Wildman–Crippen LogP) is 3.84. The van der Waals surface area contributed by atoms with Gasteiger partial charge in [-0.3, -0.25) is 13.9 Å². The van der Waals surface area contributed by atoms with E-state index in [1.54, 1.807) is 30.3 Å². The summed E-state index contributed by atoms with van der Waals surface area (Å²) in [6, 6.07) is 18.5. The van der Waals surface area contributed by atoms with Crippen molar-refractivity contribution in [3.63, 3.8) is 0 Å². The third-order valence-electron chi connectivity index (χ3n) is 5.39. The second-order valence-corrected chi connectivity index (χ2v) is 10.0. The lowest BCUT2D eigenvalue weighted by atomic mass is 10.1. The number of nitrogens with zero attached hydrogens (tertiary/aromatic N) is 2. The summed E-state index contributed by atoms with van der Waals surface area (Å²) in [5.41, 5.74) is 0.778.